The molecule has 0 saturated carbocycles. The average Bonchev–Trinajstić information content (AvgIpc) is 2.47. The Morgan fingerprint density at radius 1 is 0.909 bits per heavy atom. The zero-order valence-electron chi connectivity index (χ0n) is 10.8. The third-order valence-corrected chi connectivity index (χ3v) is 2.67. The maximum atomic E-state index is 11.0. The molecule has 0 fully saturated rings. The lowest BCUT2D eigenvalue weighted by Gasteiger charge is -2.11. The van der Waals surface area contributed by atoms with Crippen LogP contribution in [0.4, 0.5) is 11.4 Å². The average molecular weight is 303 g/mol. The van der Waals surface area contributed by atoms with Crippen LogP contribution in [-0.4, -0.2) is 15.8 Å². The Kier molecular flexibility index (Phi) is 3.98. The number of nitro groups is 2. The zero-order valence-corrected chi connectivity index (χ0v) is 10.8. The van der Waals surface area contributed by atoms with Crippen molar-refractivity contribution in [3.63, 3.8) is 0 Å². The summed E-state index contributed by atoms with van der Waals surface area (Å²) in [6, 6.07) is 7.92. The van der Waals surface area contributed by atoms with E-state index in [2.05, 4.69) is 0 Å². The fourth-order valence-corrected chi connectivity index (χ4v) is 1.64. The first-order chi connectivity index (χ1) is 10.4. The number of aromatic carboxylic acids is 1. The van der Waals surface area contributed by atoms with Crippen LogP contribution in [0.5, 0.6) is 11.5 Å². The summed E-state index contributed by atoms with van der Waals surface area (Å²) in [5, 5.41) is 32.2. The molecule has 0 aliphatic carbocycles. The molecule has 2 aromatic carbocycles. The van der Waals surface area contributed by atoms with Gasteiger partial charge < -0.3 is 14.6 Å². The van der Waals surface area contributed by atoms with Crippen molar-refractivity contribution >= 4 is 17.3 Å². The molecule has 0 atom stereocenters. The van der Waals surface area contributed by atoms with E-state index in [-0.39, 0.29) is 17.2 Å². The lowest BCUT2D eigenvalue weighted by atomic mass is 10.2. The minimum atomic E-state index is -1.64. The van der Waals surface area contributed by atoms with Crippen LogP contribution in [0.25, 0.3) is 0 Å². The van der Waals surface area contributed by atoms with Crippen molar-refractivity contribution in [3.05, 3.63) is 68.3 Å². The molecule has 2 rings (SSSR count). The first-order valence-corrected chi connectivity index (χ1v) is 5.80. The van der Waals surface area contributed by atoms with E-state index in [4.69, 9.17) is 4.74 Å². The van der Waals surface area contributed by atoms with E-state index in [1.807, 2.05) is 0 Å². The highest BCUT2D eigenvalue weighted by Crippen LogP contribution is 2.29. The summed E-state index contributed by atoms with van der Waals surface area (Å²) in [6.07, 6.45) is 0. The number of ether oxygens (including phenoxy) is 1. The van der Waals surface area contributed by atoms with Gasteiger partial charge in [0.1, 0.15) is 11.5 Å². The third kappa shape index (κ3) is 3.15. The number of carboxylic acids is 1. The molecule has 0 bridgehead atoms. The van der Waals surface area contributed by atoms with E-state index in [0.29, 0.717) is 0 Å². The predicted octanol–water partition coefficient (Wildman–Crippen LogP) is 1.66. The summed E-state index contributed by atoms with van der Waals surface area (Å²) < 4.78 is 5.27. The molecule has 0 saturated heterocycles. The first kappa shape index (κ1) is 14.9. The highest BCUT2D eigenvalue weighted by Gasteiger charge is 2.14. The smallest absolute Gasteiger partial charge is 0.270 e. The van der Waals surface area contributed by atoms with Crippen molar-refractivity contribution in [2.45, 2.75) is 0 Å². The largest absolute Gasteiger partial charge is 0.545 e. The normalized spacial score (nSPS) is 10.0. The molecule has 0 aliphatic heterocycles. The number of carbonyl (C=O) groups excluding carboxylic acids is 1. The molecule has 2 aromatic rings. The molecule has 0 aromatic heterocycles. The second-order valence-corrected chi connectivity index (χ2v) is 4.08. The first-order valence-electron chi connectivity index (χ1n) is 5.80. The number of nitrogens with zero attached hydrogens (tertiary/aromatic N) is 2. The van der Waals surface area contributed by atoms with Gasteiger partial charge >= 0.3 is 0 Å². The van der Waals surface area contributed by atoms with Gasteiger partial charge in [-0.1, -0.05) is 0 Å². The molecule has 0 spiro atoms. The molecule has 9 nitrogen and oxygen atoms in total. The van der Waals surface area contributed by atoms with E-state index in [0.717, 1.165) is 18.2 Å². The van der Waals surface area contributed by atoms with Crippen LogP contribution >= 0.6 is 0 Å². The second kappa shape index (κ2) is 5.87. The maximum Gasteiger partial charge on any atom is 0.270 e. The Morgan fingerprint density at radius 3 is 1.95 bits per heavy atom. The van der Waals surface area contributed by atoms with Crippen molar-refractivity contribution in [3.8, 4) is 11.5 Å². The summed E-state index contributed by atoms with van der Waals surface area (Å²) in [6.45, 7) is 0. The fraction of sp³-hybridized carbons (Fsp3) is 0. The minimum Gasteiger partial charge on any atom is -0.545 e. The SMILES string of the molecule is O=C([O-])c1cc([N+](=O)[O-])ccc1Oc1ccc([N+](=O)[O-])cc1. The van der Waals surface area contributed by atoms with Gasteiger partial charge in [-0.25, -0.2) is 0 Å². The topological polar surface area (TPSA) is 136 Å². The van der Waals surface area contributed by atoms with Crippen molar-refractivity contribution in [2.75, 3.05) is 0 Å². The molecular formula is C13H7N2O7-. The van der Waals surface area contributed by atoms with E-state index in [1.54, 1.807) is 0 Å². The van der Waals surface area contributed by atoms with E-state index in [9.17, 15) is 30.1 Å². The van der Waals surface area contributed by atoms with Crippen LogP contribution in [0.1, 0.15) is 10.4 Å². The summed E-state index contributed by atoms with van der Waals surface area (Å²) in [5.41, 5.74) is -1.07. The second-order valence-electron chi connectivity index (χ2n) is 4.08. The van der Waals surface area contributed by atoms with Crippen LogP contribution in [0.2, 0.25) is 0 Å². The van der Waals surface area contributed by atoms with Crippen LogP contribution in [-0.2, 0) is 0 Å². The van der Waals surface area contributed by atoms with E-state index < -0.39 is 27.1 Å². The number of carbonyl (C=O) groups is 1. The lowest BCUT2D eigenvalue weighted by molar-refractivity contribution is -0.385. The van der Waals surface area contributed by atoms with Gasteiger partial charge in [0.25, 0.3) is 11.4 Å². The maximum absolute atomic E-state index is 11.0. The Balaban J connectivity index is 2.34. The molecule has 0 heterocycles. The Hall–Kier alpha value is -3.49. The number of hydrogen-bond donors (Lipinski definition) is 0. The van der Waals surface area contributed by atoms with Crippen molar-refractivity contribution in [1.29, 1.82) is 0 Å². The quantitative estimate of drug-likeness (QED) is 0.605. The number of benzene rings is 2. The highest BCUT2D eigenvalue weighted by molar-refractivity contribution is 5.90. The molecule has 22 heavy (non-hydrogen) atoms. The Morgan fingerprint density at radius 2 is 1.45 bits per heavy atom. The molecule has 0 radical (unpaired) electrons. The van der Waals surface area contributed by atoms with Crippen LogP contribution in [0, 0.1) is 20.2 Å². The van der Waals surface area contributed by atoms with Gasteiger partial charge in [-0.05, 0) is 18.2 Å². The van der Waals surface area contributed by atoms with Crippen molar-refractivity contribution < 1.29 is 24.5 Å². The molecular weight excluding hydrogens is 296 g/mol. The van der Waals surface area contributed by atoms with Crippen LogP contribution < -0.4 is 9.84 Å². The van der Waals surface area contributed by atoms with Gasteiger partial charge in [-0.2, -0.15) is 0 Å². The third-order valence-electron chi connectivity index (χ3n) is 2.67. The lowest BCUT2D eigenvalue weighted by Crippen LogP contribution is -2.23. The van der Waals surface area contributed by atoms with Gasteiger partial charge in [-0.3, -0.25) is 20.2 Å². The van der Waals surface area contributed by atoms with Gasteiger partial charge in [0.05, 0.1) is 15.8 Å². The van der Waals surface area contributed by atoms with Crippen molar-refractivity contribution in [2.24, 2.45) is 0 Å². The van der Waals surface area contributed by atoms with Gasteiger partial charge in [0.15, 0.2) is 0 Å². The van der Waals surface area contributed by atoms with Gasteiger partial charge in [0.2, 0.25) is 0 Å². The monoisotopic (exact) mass is 303 g/mol. The summed E-state index contributed by atoms with van der Waals surface area (Å²) in [7, 11) is 0. The molecule has 112 valence electrons. The Bertz CT molecular complexity index is 755. The number of rotatable bonds is 5. The molecule has 0 unspecified atom stereocenters. The van der Waals surface area contributed by atoms with Crippen LogP contribution in [0.15, 0.2) is 42.5 Å². The standard InChI is InChI=1S/C13H8N2O7/c16-13(17)11-7-9(15(20)21)3-6-12(11)22-10-4-1-8(2-5-10)14(18)19/h1-7H,(H,16,17)/p-1. The number of non-ortho nitro benzene ring substituents is 2. The predicted molar refractivity (Wildman–Crippen MR) is 70.6 cm³/mol. The molecule has 9 heteroatoms. The minimum absolute atomic E-state index is 0.141. The van der Waals surface area contributed by atoms with Crippen LogP contribution in [0.3, 0.4) is 0 Å². The molecule has 0 amide bonds. The molecule has 0 aliphatic rings. The fourth-order valence-electron chi connectivity index (χ4n) is 1.64. The number of hydrogen-bond acceptors (Lipinski definition) is 7. The van der Waals surface area contributed by atoms with Crippen molar-refractivity contribution in [1.82, 2.24) is 0 Å². The zero-order chi connectivity index (χ0) is 16.3. The number of carboxylic acid groups (broad SMARTS) is 1. The van der Waals surface area contributed by atoms with E-state index in [1.165, 1.54) is 24.3 Å². The highest BCUT2D eigenvalue weighted by atomic mass is 16.6. The number of nitro benzene ring substituents is 2. The van der Waals surface area contributed by atoms with Gasteiger partial charge in [0, 0.05) is 29.8 Å². The summed E-state index contributed by atoms with van der Waals surface area (Å²) in [4.78, 5) is 30.8. The van der Waals surface area contributed by atoms with E-state index >= 15 is 0 Å². The Labute approximate surface area is 122 Å². The molecule has 0 N–H and O–H groups in total. The summed E-state index contributed by atoms with van der Waals surface area (Å²) in [5.74, 6) is -1.66. The summed E-state index contributed by atoms with van der Waals surface area (Å²) >= 11 is 0. The van der Waals surface area contributed by atoms with Gasteiger partial charge in [-0.15, -0.1) is 0 Å².